The van der Waals surface area contributed by atoms with Gasteiger partial charge in [0.05, 0.1) is 11.7 Å². The number of ether oxygens (including phenoxy) is 2. The smallest absolute Gasteiger partial charge is 0.319 e. The third-order valence-electron chi connectivity index (χ3n) is 6.60. The molecule has 0 aliphatic carbocycles. The lowest BCUT2D eigenvalue weighted by atomic mass is 10.0. The summed E-state index contributed by atoms with van der Waals surface area (Å²) in [5.74, 6) is 0.508. The highest BCUT2D eigenvalue weighted by molar-refractivity contribution is 5.98. The van der Waals surface area contributed by atoms with Crippen LogP contribution < -0.4 is 15.4 Å². The summed E-state index contributed by atoms with van der Waals surface area (Å²) in [6.07, 6.45) is 0.733. The average Bonchev–Trinajstić information content (AvgIpc) is 2.88. The largest absolute Gasteiger partial charge is 0.491 e. The Hall–Kier alpha value is -3.10. The predicted molar refractivity (Wildman–Crippen MR) is 142 cm³/mol. The molecule has 0 saturated carbocycles. The molecule has 36 heavy (non-hydrogen) atoms. The van der Waals surface area contributed by atoms with Gasteiger partial charge >= 0.3 is 6.03 Å². The summed E-state index contributed by atoms with van der Waals surface area (Å²) >= 11 is 0. The zero-order chi connectivity index (χ0) is 26.1. The number of carbonyl (C=O) groups excluding carboxylic acids is 2. The highest BCUT2D eigenvalue weighted by atomic mass is 16.5. The van der Waals surface area contributed by atoms with Gasteiger partial charge in [0.2, 0.25) is 0 Å². The highest BCUT2D eigenvalue weighted by Crippen LogP contribution is 2.27. The van der Waals surface area contributed by atoms with Crippen LogP contribution in [0.4, 0.5) is 10.5 Å². The molecule has 0 unspecified atom stereocenters. The third kappa shape index (κ3) is 7.45. The molecule has 8 nitrogen and oxygen atoms in total. The number of anilines is 1. The maximum Gasteiger partial charge on any atom is 0.319 e. The Morgan fingerprint density at radius 1 is 1.14 bits per heavy atom. The van der Waals surface area contributed by atoms with Crippen molar-refractivity contribution in [3.8, 4) is 5.75 Å². The van der Waals surface area contributed by atoms with Crippen LogP contribution in [-0.2, 0) is 11.3 Å². The summed E-state index contributed by atoms with van der Waals surface area (Å²) in [6, 6.07) is 15.4. The topological polar surface area (TPSA) is 83.1 Å². The van der Waals surface area contributed by atoms with Crippen LogP contribution >= 0.6 is 0 Å². The van der Waals surface area contributed by atoms with E-state index in [1.807, 2.05) is 13.0 Å². The molecule has 1 heterocycles. The first kappa shape index (κ1) is 27.5. The van der Waals surface area contributed by atoms with Gasteiger partial charge in [-0.05, 0) is 37.0 Å². The maximum atomic E-state index is 13.4. The van der Waals surface area contributed by atoms with Gasteiger partial charge in [-0.2, -0.15) is 0 Å². The number of benzene rings is 2. The number of fused-ring (bicyclic) bond motifs is 1. The molecule has 1 aliphatic heterocycles. The van der Waals surface area contributed by atoms with Crippen LogP contribution in [0.1, 0.15) is 43.1 Å². The first-order valence-electron chi connectivity index (χ1n) is 12.7. The van der Waals surface area contributed by atoms with E-state index < -0.39 is 0 Å². The lowest BCUT2D eigenvalue weighted by molar-refractivity contribution is 0.00922. The number of rotatable bonds is 6. The molecule has 0 spiro atoms. The molecule has 0 saturated heterocycles. The molecular formula is C28H40N4O4. The molecule has 2 aromatic carbocycles. The van der Waals surface area contributed by atoms with Crippen molar-refractivity contribution < 1.29 is 19.1 Å². The number of nitrogens with zero attached hydrogens (tertiary/aromatic N) is 2. The van der Waals surface area contributed by atoms with Crippen LogP contribution in [0.15, 0.2) is 48.5 Å². The number of amides is 3. The first-order chi connectivity index (χ1) is 17.3. The SMILES string of the molecule is CCCNC(=O)Nc1ccc2c(c1)OC[C@H](C)N(Cc1ccccc1)C[C@H](C)[C@@H](OC)CN(C)C2=O. The molecule has 1 aliphatic rings. The molecule has 8 heteroatoms. The summed E-state index contributed by atoms with van der Waals surface area (Å²) in [5, 5.41) is 5.63. The minimum atomic E-state index is -0.285. The maximum absolute atomic E-state index is 13.4. The van der Waals surface area contributed by atoms with Crippen molar-refractivity contribution in [2.24, 2.45) is 5.92 Å². The van der Waals surface area contributed by atoms with E-state index in [1.54, 1.807) is 37.3 Å². The summed E-state index contributed by atoms with van der Waals surface area (Å²) in [4.78, 5) is 29.6. The standard InChI is InChI=1S/C28H40N4O4/c1-6-14-29-28(34)30-23-12-13-24-25(15-23)36-19-21(3)32(17-22-10-8-7-9-11-22)16-20(2)26(35-5)18-31(4)27(24)33/h7-13,15,20-21,26H,6,14,16-19H2,1-5H3,(H2,29,30,34)/t20-,21-,26-/m0/s1. The zero-order valence-electron chi connectivity index (χ0n) is 22.1. The van der Waals surface area contributed by atoms with Gasteiger partial charge < -0.3 is 25.0 Å². The summed E-state index contributed by atoms with van der Waals surface area (Å²) in [6.45, 7) is 9.32. The third-order valence-corrected chi connectivity index (χ3v) is 6.60. The Labute approximate surface area is 214 Å². The van der Waals surface area contributed by atoms with Crippen molar-refractivity contribution >= 4 is 17.6 Å². The number of nitrogens with one attached hydrogen (secondary N) is 2. The molecule has 2 N–H and O–H groups in total. The predicted octanol–water partition coefficient (Wildman–Crippen LogP) is 4.22. The Morgan fingerprint density at radius 3 is 2.58 bits per heavy atom. The van der Waals surface area contributed by atoms with Crippen molar-refractivity contribution in [2.45, 2.75) is 45.9 Å². The van der Waals surface area contributed by atoms with Gasteiger partial charge in [0.1, 0.15) is 12.4 Å². The van der Waals surface area contributed by atoms with Gasteiger partial charge in [0, 0.05) is 58.1 Å². The fraction of sp³-hybridized carbons (Fsp3) is 0.500. The molecule has 3 amide bonds. The highest BCUT2D eigenvalue weighted by Gasteiger charge is 2.28. The average molecular weight is 497 g/mol. The molecule has 0 radical (unpaired) electrons. The molecule has 0 bridgehead atoms. The van der Waals surface area contributed by atoms with Crippen LogP contribution in [0.2, 0.25) is 0 Å². The van der Waals surface area contributed by atoms with Gasteiger partial charge in [-0.25, -0.2) is 4.79 Å². The number of hydrogen-bond donors (Lipinski definition) is 2. The molecule has 2 aromatic rings. The van der Waals surface area contributed by atoms with Gasteiger partial charge in [-0.1, -0.05) is 44.2 Å². The van der Waals surface area contributed by atoms with Crippen molar-refractivity contribution in [3.63, 3.8) is 0 Å². The van der Waals surface area contributed by atoms with Gasteiger partial charge in [0.25, 0.3) is 5.91 Å². The molecule has 196 valence electrons. The monoisotopic (exact) mass is 496 g/mol. The number of urea groups is 1. The number of likely N-dealkylation sites (N-methyl/N-ethyl adjacent to an activating group) is 1. The van der Waals surface area contributed by atoms with E-state index in [4.69, 9.17) is 9.47 Å². The Bertz CT molecular complexity index is 1000. The van der Waals surface area contributed by atoms with Crippen molar-refractivity contribution in [3.05, 3.63) is 59.7 Å². The second kappa shape index (κ2) is 13.3. The second-order valence-electron chi connectivity index (χ2n) is 9.60. The summed E-state index contributed by atoms with van der Waals surface area (Å²) in [7, 11) is 3.49. The number of carbonyl (C=O) groups is 2. The summed E-state index contributed by atoms with van der Waals surface area (Å²) < 4.78 is 12.1. The van der Waals surface area contributed by atoms with Crippen LogP contribution in [0.3, 0.4) is 0 Å². The van der Waals surface area contributed by atoms with E-state index >= 15 is 0 Å². The molecule has 0 aromatic heterocycles. The fourth-order valence-corrected chi connectivity index (χ4v) is 4.38. The van der Waals surface area contributed by atoms with Crippen LogP contribution in [0, 0.1) is 5.92 Å². The van der Waals surface area contributed by atoms with E-state index in [0.717, 1.165) is 19.5 Å². The van der Waals surface area contributed by atoms with E-state index in [9.17, 15) is 9.59 Å². The summed E-state index contributed by atoms with van der Waals surface area (Å²) in [5.41, 5.74) is 2.26. The quantitative estimate of drug-likeness (QED) is 0.626. The van der Waals surface area contributed by atoms with E-state index in [-0.39, 0.29) is 30.0 Å². The van der Waals surface area contributed by atoms with E-state index in [2.05, 4.69) is 53.6 Å². The molecular weight excluding hydrogens is 456 g/mol. The van der Waals surface area contributed by atoms with E-state index in [1.165, 1.54) is 5.56 Å². The molecule has 0 fully saturated rings. The van der Waals surface area contributed by atoms with Crippen LogP contribution in [-0.4, -0.2) is 74.3 Å². The lowest BCUT2D eigenvalue weighted by Gasteiger charge is -2.36. The first-order valence-corrected chi connectivity index (χ1v) is 12.7. The second-order valence-corrected chi connectivity index (χ2v) is 9.60. The minimum absolute atomic E-state index is 0.0785. The minimum Gasteiger partial charge on any atom is -0.491 e. The Morgan fingerprint density at radius 2 is 1.89 bits per heavy atom. The van der Waals surface area contributed by atoms with Crippen molar-refractivity contribution in [2.75, 3.05) is 45.7 Å². The van der Waals surface area contributed by atoms with E-state index in [0.29, 0.717) is 36.7 Å². The molecule has 3 atom stereocenters. The van der Waals surface area contributed by atoms with Gasteiger partial charge in [-0.3, -0.25) is 9.69 Å². The van der Waals surface area contributed by atoms with Gasteiger partial charge in [-0.15, -0.1) is 0 Å². The van der Waals surface area contributed by atoms with Crippen LogP contribution in [0.5, 0.6) is 5.75 Å². The van der Waals surface area contributed by atoms with Crippen LogP contribution in [0.25, 0.3) is 0 Å². The lowest BCUT2D eigenvalue weighted by Crippen LogP contribution is -2.46. The van der Waals surface area contributed by atoms with Crippen molar-refractivity contribution in [1.82, 2.24) is 15.1 Å². The number of methoxy groups -OCH3 is 1. The van der Waals surface area contributed by atoms with Crippen molar-refractivity contribution in [1.29, 1.82) is 0 Å². The molecule has 3 rings (SSSR count). The Kier molecular flexibility index (Phi) is 10.1. The fourth-order valence-electron chi connectivity index (χ4n) is 4.38. The normalized spacial score (nSPS) is 21.5. The van der Waals surface area contributed by atoms with Gasteiger partial charge in [0.15, 0.2) is 0 Å². The zero-order valence-corrected chi connectivity index (χ0v) is 22.1. The Balaban J connectivity index is 1.90. The number of hydrogen-bond acceptors (Lipinski definition) is 5.